The fraction of sp³-hybridized carbons (Fsp3) is 0.600. The number of anilines is 1. The van der Waals surface area contributed by atoms with Gasteiger partial charge in [-0.25, -0.2) is 0 Å². The smallest absolute Gasteiger partial charge is 0.0823 e. The molecule has 5 heteroatoms. The van der Waals surface area contributed by atoms with Gasteiger partial charge in [-0.2, -0.15) is 0 Å². The number of hydrogen-bond donors (Lipinski definition) is 1. The Morgan fingerprint density at radius 3 is 2.75 bits per heavy atom. The summed E-state index contributed by atoms with van der Waals surface area (Å²) in [6.07, 6.45) is 3.95. The van der Waals surface area contributed by atoms with Gasteiger partial charge in [-0.1, -0.05) is 29.3 Å². The number of ether oxygens (including phenoxy) is 2. The summed E-state index contributed by atoms with van der Waals surface area (Å²) >= 11 is 12.3. The zero-order valence-corrected chi connectivity index (χ0v) is 12.8. The quantitative estimate of drug-likeness (QED) is 0.890. The summed E-state index contributed by atoms with van der Waals surface area (Å²) < 4.78 is 11.5. The van der Waals surface area contributed by atoms with Gasteiger partial charge in [-0.05, 0) is 37.8 Å². The molecular formula is C15H19Cl2NO2. The molecule has 0 saturated carbocycles. The van der Waals surface area contributed by atoms with Gasteiger partial charge in [0.05, 0.1) is 21.3 Å². The van der Waals surface area contributed by atoms with Gasteiger partial charge < -0.3 is 14.8 Å². The molecule has 3 nitrogen and oxygen atoms in total. The van der Waals surface area contributed by atoms with Crippen LogP contribution >= 0.6 is 23.2 Å². The van der Waals surface area contributed by atoms with E-state index in [1.165, 1.54) is 0 Å². The van der Waals surface area contributed by atoms with Crippen LogP contribution in [0.1, 0.15) is 25.7 Å². The minimum absolute atomic E-state index is 0.0147. The lowest BCUT2D eigenvalue weighted by Gasteiger charge is -2.43. The first-order valence-corrected chi connectivity index (χ1v) is 7.86. The highest BCUT2D eigenvalue weighted by molar-refractivity contribution is 6.43. The first-order chi connectivity index (χ1) is 9.69. The SMILES string of the molecule is Clc1cccc(NC2CCOC3(CCOCC3)C2)c1Cl. The van der Waals surface area contributed by atoms with Crippen LogP contribution < -0.4 is 5.32 Å². The van der Waals surface area contributed by atoms with Crippen molar-refractivity contribution in [1.82, 2.24) is 0 Å². The number of hydrogen-bond acceptors (Lipinski definition) is 3. The molecule has 0 aromatic heterocycles. The van der Waals surface area contributed by atoms with Crippen molar-refractivity contribution >= 4 is 28.9 Å². The third-order valence-electron chi connectivity index (χ3n) is 4.21. The molecule has 20 heavy (non-hydrogen) atoms. The summed E-state index contributed by atoms with van der Waals surface area (Å²) in [5.41, 5.74) is 0.896. The van der Waals surface area contributed by atoms with E-state index in [4.69, 9.17) is 32.7 Å². The molecule has 2 saturated heterocycles. The summed E-state index contributed by atoms with van der Waals surface area (Å²) in [6.45, 7) is 2.38. The Kier molecular flexibility index (Phi) is 4.41. The van der Waals surface area contributed by atoms with Gasteiger partial charge in [0.2, 0.25) is 0 Å². The summed E-state index contributed by atoms with van der Waals surface area (Å²) in [4.78, 5) is 0. The number of rotatable bonds is 2. The Hall–Kier alpha value is -0.480. The Bertz CT molecular complexity index is 469. The van der Waals surface area contributed by atoms with Crippen molar-refractivity contribution in [2.24, 2.45) is 0 Å². The second-order valence-corrected chi connectivity index (χ2v) is 6.36. The summed E-state index contributed by atoms with van der Waals surface area (Å²) in [7, 11) is 0. The van der Waals surface area contributed by atoms with Gasteiger partial charge in [-0.3, -0.25) is 0 Å². The van der Waals surface area contributed by atoms with Crippen LogP contribution in [0.25, 0.3) is 0 Å². The number of halogens is 2. The molecule has 2 heterocycles. The first-order valence-electron chi connectivity index (χ1n) is 7.11. The van der Waals surface area contributed by atoms with Gasteiger partial charge in [0.15, 0.2) is 0 Å². The molecule has 0 radical (unpaired) electrons. The molecule has 3 rings (SSSR count). The summed E-state index contributed by atoms with van der Waals surface area (Å²) in [5, 5.41) is 4.71. The van der Waals surface area contributed by atoms with E-state index in [-0.39, 0.29) is 5.60 Å². The van der Waals surface area contributed by atoms with Crippen molar-refractivity contribution in [2.75, 3.05) is 25.1 Å². The minimum atomic E-state index is -0.0147. The third kappa shape index (κ3) is 3.06. The predicted octanol–water partition coefficient (Wildman–Crippen LogP) is 4.13. The van der Waals surface area contributed by atoms with Crippen LogP contribution in [0.5, 0.6) is 0 Å². The molecule has 1 spiro atoms. The van der Waals surface area contributed by atoms with E-state index in [0.717, 1.165) is 51.2 Å². The van der Waals surface area contributed by atoms with Crippen LogP contribution in [0, 0.1) is 0 Å². The zero-order valence-electron chi connectivity index (χ0n) is 11.3. The Balaban J connectivity index is 1.69. The van der Waals surface area contributed by atoms with E-state index in [1.54, 1.807) is 6.07 Å². The molecule has 110 valence electrons. The fourth-order valence-corrected chi connectivity index (χ4v) is 3.43. The largest absolute Gasteiger partial charge is 0.381 e. The van der Waals surface area contributed by atoms with Gasteiger partial charge in [0.25, 0.3) is 0 Å². The predicted molar refractivity (Wildman–Crippen MR) is 81.8 cm³/mol. The van der Waals surface area contributed by atoms with Crippen molar-refractivity contribution in [3.05, 3.63) is 28.2 Å². The molecule has 1 atom stereocenters. The highest BCUT2D eigenvalue weighted by atomic mass is 35.5. The van der Waals surface area contributed by atoms with Crippen LogP contribution in [0.2, 0.25) is 10.0 Å². The molecule has 1 unspecified atom stereocenters. The molecule has 0 bridgehead atoms. The molecule has 0 amide bonds. The number of nitrogens with one attached hydrogen (secondary N) is 1. The molecule has 0 aliphatic carbocycles. The first kappa shape index (κ1) is 14.5. The maximum Gasteiger partial charge on any atom is 0.0823 e. The highest BCUT2D eigenvalue weighted by Crippen LogP contribution is 2.37. The molecule has 1 aromatic carbocycles. The normalized spacial score (nSPS) is 25.6. The van der Waals surface area contributed by atoms with E-state index in [9.17, 15) is 0 Å². The minimum Gasteiger partial charge on any atom is -0.381 e. The Labute approximate surface area is 129 Å². The highest BCUT2D eigenvalue weighted by Gasteiger charge is 2.39. The van der Waals surface area contributed by atoms with Crippen molar-refractivity contribution in [3.63, 3.8) is 0 Å². The van der Waals surface area contributed by atoms with Crippen molar-refractivity contribution in [2.45, 2.75) is 37.3 Å². The van der Waals surface area contributed by atoms with Crippen LogP contribution in [-0.4, -0.2) is 31.5 Å². The van der Waals surface area contributed by atoms with Crippen LogP contribution in [0.15, 0.2) is 18.2 Å². The van der Waals surface area contributed by atoms with Crippen molar-refractivity contribution < 1.29 is 9.47 Å². The lowest BCUT2D eigenvalue weighted by molar-refractivity contribution is -0.135. The monoisotopic (exact) mass is 315 g/mol. The topological polar surface area (TPSA) is 30.5 Å². The molecule has 2 fully saturated rings. The van der Waals surface area contributed by atoms with E-state index >= 15 is 0 Å². The second-order valence-electron chi connectivity index (χ2n) is 5.58. The van der Waals surface area contributed by atoms with Crippen LogP contribution in [0.4, 0.5) is 5.69 Å². The average Bonchev–Trinajstić information content (AvgIpc) is 2.45. The maximum atomic E-state index is 6.24. The van der Waals surface area contributed by atoms with Crippen LogP contribution in [0.3, 0.4) is 0 Å². The number of benzene rings is 1. The summed E-state index contributed by atoms with van der Waals surface area (Å²) in [6, 6.07) is 6.07. The van der Waals surface area contributed by atoms with Gasteiger partial charge in [0, 0.05) is 25.9 Å². The van der Waals surface area contributed by atoms with E-state index in [1.807, 2.05) is 12.1 Å². The standard InChI is InChI=1S/C15H19Cl2NO2/c16-12-2-1-3-13(14(12)17)18-11-4-7-20-15(10-11)5-8-19-9-6-15/h1-3,11,18H,4-10H2. The second kappa shape index (κ2) is 6.10. The van der Waals surface area contributed by atoms with Crippen molar-refractivity contribution in [3.8, 4) is 0 Å². The Morgan fingerprint density at radius 1 is 1.15 bits per heavy atom. The van der Waals surface area contributed by atoms with Crippen LogP contribution in [-0.2, 0) is 9.47 Å². The summed E-state index contributed by atoms with van der Waals surface area (Å²) in [5.74, 6) is 0. The lowest BCUT2D eigenvalue weighted by Crippen LogP contribution is -2.47. The molecule has 2 aliphatic heterocycles. The zero-order chi connectivity index (χ0) is 14.0. The van der Waals surface area contributed by atoms with E-state index in [2.05, 4.69) is 5.32 Å². The maximum absolute atomic E-state index is 6.24. The molecule has 1 N–H and O–H groups in total. The Morgan fingerprint density at radius 2 is 1.95 bits per heavy atom. The fourth-order valence-electron chi connectivity index (χ4n) is 3.08. The van der Waals surface area contributed by atoms with Crippen molar-refractivity contribution in [1.29, 1.82) is 0 Å². The average molecular weight is 316 g/mol. The molecule has 2 aliphatic rings. The van der Waals surface area contributed by atoms with Gasteiger partial charge in [0.1, 0.15) is 0 Å². The van der Waals surface area contributed by atoms with E-state index < -0.39 is 0 Å². The van der Waals surface area contributed by atoms with Gasteiger partial charge >= 0.3 is 0 Å². The van der Waals surface area contributed by atoms with Gasteiger partial charge in [-0.15, -0.1) is 0 Å². The third-order valence-corrected chi connectivity index (χ3v) is 5.03. The molecule has 1 aromatic rings. The van der Waals surface area contributed by atoms with E-state index in [0.29, 0.717) is 16.1 Å². The molecular weight excluding hydrogens is 297 g/mol. The lowest BCUT2D eigenvalue weighted by atomic mass is 9.84.